The molecular weight excluding hydrogens is 513 g/mol. The molecule has 0 radical (unpaired) electrons. The molecule has 1 unspecified atom stereocenters. The number of rotatable bonds is 10. The molecule has 1 fully saturated rings. The maximum Gasteiger partial charge on any atom is 0.415 e. The summed E-state index contributed by atoms with van der Waals surface area (Å²) in [5.74, 6) is 0.229. The number of halogens is 1. The van der Waals surface area contributed by atoms with Crippen molar-refractivity contribution >= 4 is 29.0 Å². The van der Waals surface area contributed by atoms with Crippen LogP contribution in [0, 0.1) is 11.7 Å². The van der Waals surface area contributed by atoms with Gasteiger partial charge in [0.05, 0.1) is 12.9 Å². The van der Waals surface area contributed by atoms with Gasteiger partial charge in [0.1, 0.15) is 35.7 Å². The highest BCUT2D eigenvalue weighted by Gasteiger charge is 2.28. The molecule has 2 aromatic heterocycles. The van der Waals surface area contributed by atoms with Crippen LogP contribution in [0.1, 0.15) is 25.6 Å². The van der Waals surface area contributed by atoms with Crippen LogP contribution in [0.3, 0.4) is 0 Å². The molecule has 39 heavy (non-hydrogen) atoms. The summed E-state index contributed by atoms with van der Waals surface area (Å²) in [7, 11) is 0. The van der Waals surface area contributed by atoms with E-state index in [-0.39, 0.29) is 24.2 Å². The van der Waals surface area contributed by atoms with Crippen molar-refractivity contribution in [3.63, 3.8) is 0 Å². The number of nitrogens with two attached hydrogens (primary N) is 1. The molecule has 0 saturated carbocycles. The van der Waals surface area contributed by atoms with Gasteiger partial charge in [0.15, 0.2) is 17.6 Å². The number of anilines is 1. The Morgan fingerprint density at radius 2 is 1.95 bits per heavy atom. The van der Waals surface area contributed by atoms with Crippen LogP contribution in [0.5, 0.6) is 5.75 Å². The number of aliphatic hydroxyl groups excluding tert-OH is 2. The minimum Gasteiger partial charge on any atom is -0.410 e. The Balaban J connectivity index is 1.37. The minimum atomic E-state index is -1.40. The number of nitrogens with one attached hydrogen (secondary N) is 1. The molecule has 1 saturated heterocycles. The van der Waals surface area contributed by atoms with E-state index in [0.717, 1.165) is 0 Å². The topological polar surface area (TPSA) is 178 Å². The highest BCUT2D eigenvalue weighted by Crippen LogP contribution is 2.24. The van der Waals surface area contributed by atoms with E-state index in [0.29, 0.717) is 55.9 Å². The zero-order valence-electron chi connectivity index (χ0n) is 21.5. The lowest BCUT2D eigenvalue weighted by molar-refractivity contribution is -0.147. The van der Waals surface area contributed by atoms with Crippen molar-refractivity contribution in [2.75, 3.05) is 32.0 Å². The third-order valence-electron chi connectivity index (χ3n) is 6.44. The molecule has 4 rings (SSSR count). The molecule has 2 atom stereocenters. The van der Waals surface area contributed by atoms with Crippen LogP contribution in [0.4, 0.5) is 15.0 Å². The standard InChI is InChI=1S/C25H32FN7O6/c1-2-28-24(36)21(18(35)12-34)38-14-33-13-29-20-22(27)30-19(31-23(20)33)11-15-7-9-32(10-8-15)25(37)39-17-5-3-16(26)4-6-17/h3-6,13,15,18,21,34-35H,2,7-12,14H2,1H3,(H,28,36)(H2,27,30,31)/t18?,21-/m0/s1. The van der Waals surface area contributed by atoms with Gasteiger partial charge < -0.3 is 35.6 Å². The van der Waals surface area contributed by atoms with Gasteiger partial charge in [-0.1, -0.05) is 0 Å². The molecule has 3 heterocycles. The molecule has 14 heteroatoms. The number of benzene rings is 1. The Hall–Kier alpha value is -3.88. The van der Waals surface area contributed by atoms with Crippen molar-refractivity contribution < 1.29 is 33.7 Å². The SMILES string of the molecule is CCNC(=O)[C@@H](OCn1cnc2c(N)nc(CC3CCN(C(=O)Oc4ccc(F)cc4)CC3)nc21)C(O)CO. The van der Waals surface area contributed by atoms with E-state index in [1.807, 2.05) is 0 Å². The van der Waals surface area contributed by atoms with Crippen molar-refractivity contribution in [2.24, 2.45) is 5.92 Å². The number of ether oxygens (including phenoxy) is 2. The van der Waals surface area contributed by atoms with Gasteiger partial charge in [-0.05, 0) is 49.9 Å². The van der Waals surface area contributed by atoms with E-state index in [9.17, 15) is 24.2 Å². The summed E-state index contributed by atoms with van der Waals surface area (Å²) in [5, 5.41) is 21.9. The normalized spacial score (nSPS) is 15.7. The highest BCUT2D eigenvalue weighted by molar-refractivity contribution is 5.82. The van der Waals surface area contributed by atoms with E-state index in [1.165, 1.54) is 30.6 Å². The lowest BCUT2D eigenvalue weighted by atomic mass is 9.93. The number of amides is 2. The zero-order chi connectivity index (χ0) is 27.9. The Labute approximate surface area is 223 Å². The van der Waals surface area contributed by atoms with Crippen molar-refractivity contribution in [3.05, 3.63) is 42.2 Å². The van der Waals surface area contributed by atoms with Gasteiger partial charge in [0.25, 0.3) is 5.91 Å². The van der Waals surface area contributed by atoms with E-state index < -0.39 is 36.6 Å². The second-order valence-corrected chi connectivity index (χ2v) is 9.23. The van der Waals surface area contributed by atoms with Crippen molar-refractivity contribution in [1.29, 1.82) is 0 Å². The maximum atomic E-state index is 13.1. The third-order valence-corrected chi connectivity index (χ3v) is 6.44. The Bertz CT molecular complexity index is 1280. The van der Waals surface area contributed by atoms with Gasteiger partial charge in [-0.2, -0.15) is 0 Å². The number of nitrogen functional groups attached to an aromatic ring is 1. The van der Waals surface area contributed by atoms with E-state index in [2.05, 4.69) is 20.3 Å². The molecule has 0 aliphatic carbocycles. The van der Waals surface area contributed by atoms with Crippen LogP contribution >= 0.6 is 0 Å². The van der Waals surface area contributed by atoms with Crippen LogP contribution < -0.4 is 15.8 Å². The number of nitrogens with zero attached hydrogens (tertiary/aromatic N) is 5. The number of imidazole rings is 1. The Morgan fingerprint density at radius 3 is 2.62 bits per heavy atom. The summed E-state index contributed by atoms with van der Waals surface area (Å²) >= 11 is 0. The van der Waals surface area contributed by atoms with Crippen molar-refractivity contribution in [2.45, 2.75) is 45.1 Å². The smallest absolute Gasteiger partial charge is 0.410 e. The van der Waals surface area contributed by atoms with Gasteiger partial charge in [0, 0.05) is 26.1 Å². The van der Waals surface area contributed by atoms with E-state index >= 15 is 0 Å². The van der Waals surface area contributed by atoms with Crippen molar-refractivity contribution in [1.82, 2.24) is 29.7 Å². The van der Waals surface area contributed by atoms with Gasteiger partial charge in [-0.3, -0.25) is 9.36 Å². The summed E-state index contributed by atoms with van der Waals surface area (Å²) in [4.78, 5) is 39.6. The Morgan fingerprint density at radius 1 is 1.23 bits per heavy atom. The van der Waals surface area contributed by atoms with E-state index in [1.54, 1.807) is 16.4 Å². The van der Waals surface area contributed by atoms with Crippen LogP contribution in [0.25, 0.3) is 11.2 Å². The van der Waals surface area contributed by atoms with Gasteiger partial charge in [-0.15, -0.1) is 0 Å². The average Bonchev–Trinajstić information content (AvgIpc) is 3.34. The quantitative estimate of drug-likeness (QED) is 0.285. The minimum absolute atomic E-state index is 0.167. The largest absolute Gasteiger partial charge is 0.415 e. The number of fused-ring (bicyclic) bond motifs is 1. The number of carbonyl (C=O) groups excluding carboxylic acids is 2. The predicted octanol–water partition coefficient (Wildman–Crippen LogP) is 0.833. The summed E-state index contributed by atoms with van der Waals surface area (Å²) in [5.41, 5.74) is 6.92. The maximum absolute atomic E-state index is 13.1. The average molecular weight is 546 g/mol. The molecule has 0 bridgehead atoms. The number of likely N-dealkylation sites (tertiary alicyclic amines) is 1. The van der Waals surface area contributed by atoms with Gasteiger partial charge in [-0.25, -0.2) is 24.1 Å². The monoisotopic (exact) mass is 545 g/mol. The lowest BCUT2D eigenvalue weighted by Gasteiger charge is -2.31. The molecule has 5 N–H and O–H groups in total. The number of hydrogen-bond donors (Lipinski definition) is 4. The summed E-state index contributed by atoms with van der Waals surface area (Å²) < 4.78 is 25.5. The van der Waals surface area contributed by atoms with Crippen molar-refractivity contribution in [3.8, 4) is 5.75 Å². The van der Waals surface area contributed by atoms with E-state index in [4.69, 9.17) is 15.2 Å². The molecule has 13 nitrogen and oxygen atoms in total. The molecular formula is C25H32FN7O6. The fourth-order valence-corrected chi connectivity index (χ4v) is 4.34. The molecule has 210 valence electrons. The fraction of sp³-hybridized carbons (Fsp3) is 0.480. The first-order chi connectivity index (χ1) is 18.8. The number of likely N-dealkylation sites (N-methyl/N-ethyl adjacent to an activating group) is 1. The number of aromatic nitrogens is 4. The summed E-state index contributed by atoms with van der Waals surface area (Å²) in [6.07, 6.45) is 0.211. The second kappa shape index (κ2) is 12.8. The van der Waals surface area contributed by atoms with Crippen LogP contribution in [-0.4, -0.2) is 85.1 Å². The molecule has 1 aliphatic rings. The predicted molar refractivity (Wildman–Crippen MR) is 137 cm³/mol. The number of hydrogen-bond acceptors (Lipinski definition) is 10. The first-order valence-corrected chi connectivity index (χ1v) is 12.7. The van der Waals surface area contributed by atoms with Crippen LogP contribution in [0.2, 0.25) is 0 Å². The van der Waals surface area contributed by atoms with Crippen LogP contribution in [-0.2, 0) is 22.7 Å². The first kappa shape index (κ1) is 28.1. The summed E-state index contributed by atoms with van der Waals surface area (Å²) in [6, 6.07) is 5.27. The first-order valence-electron chi connectivity index (χ1n) is 12.7. The fourth-order valence-electron chi connectivity index (χ4n) is 4.34. The zero-order valence-corrected chi connectivity index (χ0v) is 21.5. The highest BCUT2D eigenvalue weighted by atomic mass is 19.1. The Kier molecular flexibility index (Phi) is 9.22. The van der Waals surface area contributed by atoms with Gasteiger partial charge >= 0.3 is 6.09 Å². The second-order valence-electron chi connectivity index (χ2n) is 9.23. The molecule has 1 aromatic carbocycles. The van der Waals surface area contributed by atoms with Gasteiger partial charge in [0.2, 0.25) is 0 Å². The number of carbonyl (C=O) groups is 2. The molecule has 3 aromatic rings. The lowest BCUT2D eigenvalue weighted by Crippen LogP contribution is -2.45. The third kappa shape index (κ3) is 6.96. The number of aliphatic hydroxyl groups is 2. The summed E-state index contributed by atoms with van der Waals surface area (Å²) in [6.45, 7) is 2.24. The molecule has 0 spiro atoms. The van der Waals surface area contributed by atoms with Crippen LogP contribution in [0.15, 0.2) is 30.6 Å². The molecule has 2 amide bonds. The number of piperidine rings is 1. The molecule has 1 aliphatic heterocycles.